The number of rotatable bonds is 8. The van der Waals surface area contributed by atoms with Gasteiger partial charge in [0.2, 0.25) is 0 Å². The second-order valence-electron chi connectivity index (χ2n) is 7.17. The largest absolute Gasteiger partial charge is 0.398 e. The summed E-state index contributed by atoms with van der Waals surface area (Å²) in [4.78, 5) is 5.22. The Hall–Kier alpha value is -1.41. The third-order valence-electron chi connectivity index (χ3n) is 4.95. The van der Waals surface area contributed by atoms with Crippen LogP contribution in [0.3, 0.4) is 0 Å². The van der Waals surface area contributed by atoms with Crippen LogP contribution >= 0.6 is 48.2 Å². The minimum Gasteiger partial charge on any atom is -0.398 e. The Labute approximate surface area is 204 Å². The van der Waals surface area contributed by atoms with E-state index >= 15 is 0 Å². The summed E-state index contributed by atoms with van der Waals surface area (Å²) in [5, 5.41) is 0.743. The highest BCUT2D eigenvalue weighted by Gasteiger charge is 2.41. The van der Waals surface area contributed by atoms with E-state index in [1.807, 2.05) is 59.3 Å². The van der Waals surface area contributed by atoms with E-state index in [4.69, 9.17) is 26.8 Å². The van der Waals surface area contributed by atoms with E-state index in [1.165, 1.54) is 5.56 Å². The molecular formula is C22H26Cl3N3O2S. The van der Waals surface area contributed by atoms with Crippen LogP contribution in [0.1, 0.15) is 12.0 Å². The lowest BCUT2D eigenvalue weighted by molar-refractivity contribution is -0.180. The fraction of sp³-hybridized carbons (Fsp3) is 0.318. The molecule has 4 rings (SSSR count). The van der Waals surface area contributed by atoms with Crippen LogP contribution in [-0.2, 0) is 22.4 Å². The lowest BCUT2D eigenvalue weighted by Gasteiger charge is -2.28. The third-order valence-corrected chi connectivity index (χ3v) is 6.42. The molecule has 5 nitrogen and oxygen atoms in total. The van der Waals surface area contributed by atoms with Crippen molar-refractivity contribution in [3.63, 3.8) is 0 Å². The lowest BCUT2D eigenvalue weighted by Crippen LogP contribution is -2.37. The molecule has 9 heteroatoms. The molecule has 1 aliphatic rings. The lowest BCUT2D eigenvalue weighted by atomic mass is 10.0. The number of para-hydroxylation sites is 1. The van der Waals surface area contributed by atoms with Gasteiger partial charge >= 0.3 is 0 Å². The summed E-state index contributed by atoms with van der Waals surface area (Å²) < 4.78 is 14.7. The highest BCUT2D eigenvalue weighted by Crippen LogP contribution is 2.34. The Morgan fingerprint density at radius 3 is 2.65 bits per heavy atom. The third kappa shape index (κ3) is 7.04. The second-order valence-corrected chi connectivity index (χ2v) is 8.67. The maximum atomic E-state index is 6.47. The molecule has 1 aromatic heterocycles. The van der Waals surface area contributed by atoms with E-state index in [-0.39, 0.29) is 30.9 Å². The van der Waals surface area contributed by atoms with E-state index in [1.54, 1.807) is 24.3 Å². The van der Waals surface area contributed by atoms with Gasteiger partial charge in [0.15, 0.2) is 5.79 Å². The van der Waals surface area contributed by atoms with Crippen LogP contribution in [0.5, 0.6) is 0 Å². The predicted octanol–water partition coefficient (Wildman–Crippen LogP) is 5.50. The molecule has 2 atom stereocenters. The molecule has 1 saturated heterocycles. The van der Waals surface area contributed by atoms with Crippen molar-refractivity contribution in [3.8, 4) is 0 Å². The maximum absolute atomic E-state index is 6.47. The van der Waals surface area contributed by atoms with Crippen LogP contribution in [0, 0.1) is 0 Å². The molecule has 0 spiro atoms. The van der Waals surface area contributed by atoms with Gasteiger partial charge in [-0.25, -0.2) is 4.98 Å². The first kappa shape index (κ1) is 25.8. The highest BCUT2D eigenvalue weighted by atomic mass is 35.5. The van der Waals surface area contributed by atoms with Gasteiger partial charge in [-0.15, -0.1) is 36.6 Å². The van der Waals surface area contributed by atoms with Gasteiger partial charge in [-0.2, -0.15) is 0 Å². The number of thioether (sulfide) groups is 1. The Morgan fingerprint density at radius 1 is 1.16 bits per heavy atom. The SMILES string of the molecule is Cl.Cl.Nc1ccccc1SC[C@@H]1CO[C@](CCc2ccc(Cl)cc2)(Cn2ccnc2)O1. The standard InChI is InChI=1S/C22H24ClN3O2S.2ClH/c23-18-7-5-17(6-8-18)9-10-22(15-26-12-11-25-16-26)27-13-19(28-22)14-29-21-4-2-1-3-20(21)24;;/h1-8,11-12,16,19H,9-10,13-15,24H2;2*1H/t19-,22-;;/m0../s1. The van der Waals surface area contributed by atoms with Gasteiger partial charge in [-0.3, -0.25) is 0 Å². The van der Waals surface area contributed by atoms with Gasteiger partial charge in [-0.1, -0.05) is 35.9 Å². The smallest absolute Gasteiger partial charge is 0.187 e. The number of aromatic nitrogens is 2. The van der Waals surface area contributed by atoms with Crippen molar-refractivity contribution < 1.29 is 9.47 Å². The summed E-state index contributed by atoms with van der Waals surface area (Å²) in [7, 11) is 0. The van der Waals surface area contributed by atoms with Crippen LogP contribution in [0.15, 0.2) is 72.1 Å². The van der Waals surface area contributed by atoms with Gasteiger partial charge < -0.3 is 19.8 Å². The van der Waals surface area contributed by atoms with Crippen molar-refractivity contribution in [1.82, 2.24) is 9.55 Å². The molecule has 0 amide bonds. The van der Waals surface area contributed by atoms with Crippen molar-refractivity contribution in [2.45, 2.75) is 36.2 Å². The van der Waals surface area contributed by atoms with Gasteiger partial charge in [0.05, 0.1) is 25.6 Å². The first-order valence-electron chi connectivity index (χ1n) is 9.61. The first-order valence-corrected chi connectivity index (χ1v) is 11.0. The molecule has 1 aliphatic heterocycles. The quantitative estimate of drug-likeness (QED) is 0.325. The Balaban J connectivity index is 0.00000171. The molecule has 2 N–H and O–H groups in total. The first-order chi connectivity index (χ1) is 14.1. The van der Waals surface area contributed by atoms with E-state index in [9.17, 15) is 0 Å². The fourth-order valence-corrected chi connectivity index (χ4v) is 4.50. The van der Waals surface area contributed by atoms with Crippen LogP contribution in [0.2, 0.25) is 5.02 Å². The number of imidazole rings is 1. The van der Waals surface area contributed by atoms with Crippen molar-refractivity contribution in [2.75, 3.05) is 18.1 Å². The van der Waals surface area contributed by atoms with Crippen molar-refractivity contribution in [1.29, 1.82) is 0 Å². The zero-order valence-electron chi connectivity index (χ0n) is 16.9. The average molecular weight is 503 g/mol. The maximum Gasteiger partial charge on any atom is 0.187 e. The fourth-order valence-electron chi connectivity index (χ4n) is 3.43. The average Bonchev–Trinajstić information content (AvgIpc) is 3.38. The summed E-state index contributed by atoms with van der Waals surface area (Å²) in [6.45, 7) is 1.17. The number of nitrogens with zero attached hydrogens (tertiary/aromatic N) is 2. The number of ether oxygens (including phenoxy) is 2. The molecule has 0 aliphatic carbocycles. The van der Waals surface area contributed by atoms with Crippen molar-refractivity contribution in [3.05, 3.63) is 77.8 Å². The topological polar surface area (TPSA) is 62.3 Å². The van der Waals surface area contributed by atoms with Gasteiger partial charge in [-0.05, 0) is 36.2 Å². The number of nitrogen functional groups attached to an aromatic ring is 1. The van der Waals surface area contributed by atoms with Gasteiger partial charge in [0.25, 0.3) is 0 Å². The monoisotopic (exact) mass is 501 g/mol. The number of anilines is 1. The summed E-state index contributed by atoms with van der Waals surface area (Å²) in [5.41, 5.74) is 8.06. The van der Waals surface area contributed by atoms with Gasteiger partial charge in [0.1, 0.15) is 0 Å². The normalized spacial score (nSPS) is 20.1. The highest BCUT2D eigenvalue weighted by molar-refractivity contribution is 7.99. The number of halogens is 3. The van der Waals surface area contributed by atoms with E-state index in [0.29, 0.717) is 13.2 Å². The number of nitrogens with two attached hydrogens (primary N) is 1. The molecule has 31 heavy (non-hydrogen) atoms. The molecule has 0 bridgehead atoms. The Bertz CT molecular complexity index is 928. The van der Waals surface area contributed by atoms with Crippen LogP contribution in [-0.4, -0.2) is 33.8 Å². The summed E-state index contributed by atoms with van der Waals surface area (Å²) in [6.07, 6.45) is 7.10. The number of hydrogen-bond donors (Lipinski definition) is 1. The molecule has 168 valence electrons. The molecule has 2 aromatic carbocycles. The summed E-state index contributed by atoms with van der Waals surface area (Å²) in [5.74, 6) is 0.120. The van der Waals surface area contributed by atoms with E-state index in [2.05, 4.69) is 4.98 Å². The van der Waals surface area contributed by atoms with Crippen LogP contribution in [0.4, 0.5) is 5.69 Å². The van der Waals surface area contributed by atoms with Gasteiger partial charge in [0, 0.05) is 40.2 Å². The second kappa shape index (κ2) is 12.0. The Morgan fingerprint density at radius 2 is 1.94 bits per heavy atom. The molecule has 0 saturated carbocycles. The van der Waals surface area contributed by atoms with Crippen LogP contribution in [0.25, 0.3) is 0 Å². The Kier molecular flexibility index (Phi) is 10.0. The minimum atomic E-state index is -0.673. The molecule has 0 unspecified atom stereocenters. The number of hydrogen-bond acceptors (Lipinski definition) is 5. The van der Waals surface area contributed by atoms with Crippen LogP contribution < -0.4 is 5.73 Å². The molecule has 3 aromatic rings. The van der Waals surface area contributed by atoms with E-state index < -0.39 is 5.79 Å². The predicted molar refractivity (Wildman–Crippen MR) is 132 cm³/mol. The summed E-state index contributed by atoms with van der Waals surface area (Å²) in [6, 6.07) is 15.8. The summed E-state index contributed by atoms with van der Waals surface area (Å²) >= 11 is 7.71. The molecule has 0 radical (unpaired) electrons. The number of aryl methyl sites for hydroxylation is 1. The molecule has 1 fully saturated rings. The zero-order valence-corrected chi connectivity index (χ0v) is 20.1. The van der Waals surface area contributed by atoms with E-state index in [0.717, 1.165) is 34.2 Å². The molecule has 2 heterocycles. The number of benzene rings is 2. The molecular weight excluding hydrogens is 477 g/mol. The zero-order chi connectivity index (χ0) is 20.1. The van der Waals surface area contributed by atoms with Crippen molar-refractivity contribution in [2.24, 2.45) is 0 Å². The van der Waals surface area contributed by atoms with Crippen molar-refractivity contribution >= 4 is 53.9 Å². The minimum absolute atomic E-state index is 0.